The molecule has 0 bridgehead atoms. The molecule has 2 heterocycles. The predicted molar refractivity (Wildman–Crippen MR) is 87.3 cm³/mol. The molecule has 1 aromatic heterocycles. The van der Waals surface area contributed by atoms with Crippen molar-refractivity contribution < 1.29 is 0 Å². The van der Waals surface area contributed by atoms with Crippen molar-refractivity contribution in [1.29, 1.82) is 0 Å². The molecule has 104 valence electrons. The zero-order valence-corrected chi connectivity index (χ0v) is 11.8. The first-order chi connectivity index (χ1) is 10.4. The van der Waals surface area contributed by atoms with Gasteiger partial charge in [-0.05, 0) is 30.7 Å². The maximum absolute atomic E-state index is 4.67. The molecule has 1 N–H and O–H groups in total. The second-order valence-electron chi connectivity index (χ2n) is 5.27. The Balaban J connectivity index is 1.99. The van der Waals surface area contributed by atoms with Gasteiger partial charge in [0.05, 0.1) is 11.2 Å². The van der Waals surface area contributed by atoms with Crippen LogP contribution in [0.2, 0.25) is 0 Å². The smallest absolute Gasteiger partial charge is 0.145 e. The molecule has 0 spiro atoms. The van der Waals surface area contributed by atoms with Crippen molar-refractivity contribution in [3.8, 4) is 5.69 Å². The quantitative estimate of drug-likeness (QED) is 0.763. The van der Waals surface area contributed by atoms with Crippen LogP contribution in [0.15, 0.2) is 65.7 Å². The van der Waals surface area contributed by atoms with Crippen molar-refractivity contribution in [2.45, 2.75) is 6.42 Å². The van der Waals surface area contributed by atoms with Crippen molar-refractivity contribution in [3.63, 3.8) is 0 Å². The van der Waals surface area contributed by atoms with Gasteiger partial charge in [0.25, 0.3) is 0 Å². The van der Waals surface area contributed by atoms with Gasteiger partial charge in [-0.2, -0.15) is 0 Å². The van der Waals surface area contributed by atoms with Gasteiger partial charge in [0.2, 0.25) is 0 Å². The Bertz CT molecular complexity index is 800. The van der Waals surface area contributed by atoms with E-state index >= 15 is 0 Å². The van der Waals surface area contributed by atoms with Gasteiger partial charge >= 0.3 is 0 Å². The van der Waals surface area contributed by atoms with Gasteiger partial charge in [-0.3, -0.25) is 4.99 Å². The fraction of sp³-hybridized carbons (Fsp3) is 0.167. The second-order valence-corrected chi connectivity index (χ2v) is 5.27. The minimum Gasteiger partial charge on any atom is -0.369 e. The standard InChI is InChI=1S/C18H17N3/c1-2-8-15(9-3-1)21-16-10-5-4-7-14(16)13-17(21)18-19-11-6-12-20-18/h1-5,7-10,13H,6,11-12H2,(H,19,20). The van der Waals surface area contributed by atoms with Gasteiger partial charge < -0.3 is 9.88 Å². The molecule has 0 saturated heterocycles. The van der Waals surface area contributed by atoms with Crippen LogP contribution >= 0.6 is 0 Å². The molecule has 0 saturated carbocycles. The fourth-order valence-electron chi connectivity index (χ4n) is 2.89. The molecule has 2 aromatic carbocycles. The number of hydrogen-bond acceptors (Lipinski definition) is 2. The number of benzene rings is 2. The third kappa shape index (κ3) is 2.11. The van der Waals surface area contributed by atoms with Crippen molar-refractivity contribution >= 4 is 16.7 Å². The predicted octanol–water partition coefficient (Wildman–Crippen LogP) is 3.37. The highest BCUT2D eigenvalue weighted by Crippen LogP contribution is 2.25. The van der Waals surface area contributed by atoms with E-state index in [1.54, 1.807) is 0 Å². The van der Waals surface area contributed by atoms with Crippen molar-refractivity contribution in [1.82, 2.24) is 9.88 Å². The van der Waals surface area contributed by atoms with E-state index in [1.165, 1.54) is 16.6 Å². The molecule has 0 atom stereocenters. The Morgan fingerprint density at radius 2 is 1.76 bits per heavy atom. The number of amidine groups is 1. The largest absolute Gasteiger partial charge is 0.369 e. The second kappa shape index (κ2) is 5.09. The normalized spacial score (nSPS) is 14.8. The van der Waals surface area contributed by atoms with Crippen LogP contribution in [0.25, 0.3) is 16.6 Å². The average Bonchev–Trinajstić information content (AvgIpc) is 2.96. The van der Waals surface area contributed by atoms with Gasteiger partial charge in [-0.25, -0.2) is 0 Å². The molecule has 3 nitrogen and oxygen atoms in total. The third-order valence-electron chi connectivity index (χ3n) is 3.87. The highest BCUT2D eigenvalue weighted by molar-refractivity contribution is 6.03. The maximum Gasteiger partial charge on any atom is 0.145 e. The molecular formula is C18H17N3. The Morgan fingerprint density at radius 3 is 2.57 bits per heavy atom. The number of aliphatic imine (C=N–C) groups is 1. The lowest BCUT2D eigenvalue weighted by Crippen LogP contribution is -2.31. The van der Waals surface area contributed by atoms with Crippen molar-refractivity contribution in [2.24, 2.45) is 4.99 Å². The molecule has 0 amide bonds. The summed E-state index contributed by atoms with van der Waals surface area (Å²) in [5, 5.41) is 4.68. The number of aromatic nitrogens is 1. The van der Waals surface area contributed by atoms with Crippen molar-refractivity contribution in [2.75, 3.05) is 13.1 Å². The molecule has 3 aromatic rings. The molecule has 0 fully saturated rings. The lowest BCUT2D eigenvalue weighted by atomic mass is 10.2. The summed E-state index contributed by atoms with van der Waals surface area (Å²) in [7, 11) is 0. The summed E-state index contributed by atoms with van der Waals surface area (Å²) in [4.78, 5) is 4.67. The van der Waals surface area contributed by atoms with E-state index in [4.69, 9.17) is 0 Å². The first-order valence-electron chi connectivity index (χ1n) is 7.38. The number of nitrogens with zero attached hydrogens (tertiary/aromatic N) is 2. The Morgan fingerprint density at radius 1 is 0.952 bits per heavy atom. The summed E-state index contributed by atoms with van der Waals surface area (Å²) >= 11 is 0. The van der Waals surface area contributed by atoms with E-state index in [1.807, 2.05) is 6.07 Å². The molecule has 0 radical (unpaired) electrons. The van der Waals surface area contributed by atoms with Crippen LogP contribution in [0.1, 0.15) is 12.1 Å². The van der Waals surface area contributed by atoms with Gasteiger partial charge in [-0.15, -0.1) is 0 Å². The average molecular weight is 275 g/mol. The zero-order valence-electron chi connectivity index (χ0n) is 11.8. The molecule has 1 aliphatic rings. The van der Waals surface area contributed by atoms with Gasteiger partial charge in [0, 0.05) is 24.2 Å². The highest BCUT2D eigenvalue weighted by Gasteiger charge is 2.16. The van der Waals surface area contributed by atoms with Crippen molar-refractivity contribution in [3.05, 3.63) is 66.4 Å². The maximum atomic E-state index is 4.67. The number of fused-ring (bicyclic) bond motifs is 1. The van der Waals surface area contributed by atoms with Crippen LogP contribution in [0.3, 0.4) is 0 Å². The number of para-hydroxylation sites is 2. The Labute approximate surface area is 123 Å². The highest BCUT2D eigenvalue weighted by atomic mass is 15.1. The van der Waals surface area contributed by atoms with E-state index in [9.17, 15) is 0 Å². The van der Waals surface area contributed by atoms with Crippen LogP contribution in [0, 0.1) is 0 Å². The van der Waals surface area contributed by atoms with Gasteiger partial charge in [0.1, 0.15) is 5.84 Å². The lowest BCUT2D eigenvalue weighted by molar-refractivity contribution is 0.739. The van der Waals surface area contributed by atoms with Crippen LogP contribution < -0.4 is 5.32 Å². The third-order valence-corrected chi connectivity index (χ3v) is 3.87. The SMILES string of the molecule is c1ccc(-n2c(C3=NCCCN3)cc3ccccc32)cc1. The van der Waals surface area contributed by atoms with Crippen LogP contribution in [0.4, 0.5) is 0 Å². The molecule has 4 rings (SSSR count). The summed E-state index contributed by atoms with van der Waals surface area (Å²) in [5.41, 5.74) is 3.53. The summed E-state index contributed by atoms with van der Waals surface area (Å²) in [6.45, 7) is 1.90. The Kier molecular flexibility index (Phi) is 2.96. The lowest BCUT2D eigenvalue weighted by Gasteiger charge is -2.17. The summed E-state index contributed by atoms with van der Waals surface area (Å²) in [6, 6.07) is 21.2. The van der Waals surface area contributed by atoms with Crippen LogP contribution in [-0.4, -0.2) is 23.5 Å². The minimum absolute atomic E-state index is 0.901. The summed E-state index contributed by atoms with van der Waals surface area (Å²) < 4.78 is 2.28. The fourth-order valence-corrected chi connectivity index (χ4v) is 2.89. The van der Waals surface area contributed by atoms with Crippen LogP contribution in [-0.2, 0) is 0 Å². The van der Waals surface area contributed by atoms with Gasteiger partial charge in [-0.1, -0.05) is 36.4 Å². The monoisotopic (exact) mass is 275 g/mol. The van der Waals surface area contributed by atoms with E-state index in [0.29, 0.717) is 0 Å². The number of nitrogens with one attached hydrogen (secondary N) is 1. The molecule has 21 heavy (non-hydrogen) atoms. The van der Waals surface area contributed by atoms with Crippen LogP contribution in [0.5, 0.6) is 0 Å². The van der Waals surface area contributed by atoms with E-state index < -0.39 is 0 Å². The zero-order chi connectivity index (χ0) is 14.1. The molecule has 0 aliphatic carbocycles. The summed E-state index contributed by atoms with van der Waals surface area (Å²) in [6.07, 6.45) is 1.11. The Hall–Kier alpha value is -2.55. The number of rotatable bonds is 2. The van der Waals surface area contributed by atoms with E-state index in [-0.39, 0.29) is 0 Å². The first-order valence-corrected chi connectivity index (χ1v) is 7.38. The molecule has 1 aliphatic heterocycles. The molecule has 3 heteroatoms. The van der Waals surface area contributed by atoms with E-state index in [2.05, 4.69) is 69.5 Å². The molecule has 0 unspecified atom stereocenters. The topological polar surface area (TPSA) is 29.3 Å². The number of hydrogen-bond donors (Lipinski definition) is 1. The summed E-state index contributed by atoms with van der Waals surface area (Å²) in [5.74, 6) is 1.00. The van der Waals surface area contributed by atoms with Gasteiger partial charge in [0.15, 0.2) is 0 Å². The van der Waals surface area contributed by atoms with E-state index in [0.717, 1.165) is 31.0 Å². The first kappa shape index (κ1) is 12.2. The molecular weight excluding hydrogens is 258 g/mol. The minimum atomic E-state index is 0.901.